The first-order valence-electron chi connectivity index (χ1n) is 16.9. The number of benzene rings is 2. The van der Waals surface area contributed by atoms with Crippen molar-refractivity contribution in [3.63, 3.8) is 0 Å². The summed E-state index contributed by atoms with van der Waals surface area (Å²) < 4.78 is 30.3. The Balaban J connectivity index is 1.24. The van der Waals surface area contributed by atoms with Crippen LogP contribution in [0.5, 0.6) is 5.75 Å². The number of nitrogens with one attached hydrogen (secondary N) is 1. The lowest BCUT2D eigenvalue weighted by molar-refractivity contribution is -0.139. The number of methoxy groups -OCH3 is 2. The van der Waals surface area contributed by atoms with Gasteiger partial charge in [-0.1, -0.05) is 30.3 Å². The second-order valence-electron chi connectivity index (χ2n) is 12.4. The van der Waals surface area contributed by atoms with Crippen LogP contribution in [0.2, 0.25) is 0 Å². The van der Waals surface area contributed by atoms with Crippen molar-refractivity contribution in [2.45, 2.75) is 70.5 Å². The molecule has 2 saturated heterocycles. The topological polar surface area (TPSA) is 139 Å². The van der Waals surface area contributed by atoms with Crippen molar-refractivity contribution in [2.24, 2.45) is 0 Å². The van der Waals surface area contributed by atoms with Crippen LogP contribution in [0.15, 0.2) is 54.6 Å². The summed E-state index contributed by atoms with van der Waals surface area (Å²) >= 11 is 0. The number of rotatable bonds is 13. The Morgan fingerprint density at radius 1 is 1.06 bits per heavy atom. The standard InChI is InChI=1S/C36H44N6O7/c1-24(14-16-37-36(44)48-23-25-9-5-4-6-10-25)49-26-12-13-30-28(19-26)35(40-42(30)33-11-7-8-18-47-33)29-20-32(41-17-15-27(22-41)45-2)39-31(38-29)21-34(43)46-3/h4-6,9-10,12-13,19-20,24,27,33H,7-8,11,14-18,21-23H2,1-3H3,(H,37,44)/t24-,27-,33?/m1/s1. The lowest BCUT2D eigenvalue weighted by Crippen LogP contribution is -2.28. The first-order valence-corrected chi connectivity index (χ1v) is 16.9. The fourth-order valence-corrected chi connectivity index (χ4v) is 6.14. The van der Waals surface area contributed by atoms with Crippen LogP contribution in [0.3, 0.4) is 0 Å². The maximum Gasteiger partial charge on any atom is 0.407 e. The summed E-state index contributed by atoms with van der Waals surface area (Å²) in [6.45, 7) is 4.69. The Hall–Kier alpha value is -4.75. The van der Waals surface area contributed by atoms with Gasteiger partial charge in [0.05, 0.1) is 30.5 Å². The van der Waals surface area contributed by atoms with Gasteiger partial charge < -0.3 is 33.9 Å². The van der Waals surface area contributed by atoms with Gasteiger partial charge in [0.15, 0.2) is 6.23 Å². The SMILES string of the molecule is COC(=O)Cc1nc(-c2nn(C3CCCCO3)c3ccc(O[C@H](C)CCNC(=O)OCc4ccccc4)cc23)cc(N2CC[C@@H](OC)C2)n1. The van der Waals surface area contributed by atoms with Crippen LogP contribution in [-0.4, -0.2) is 84.5 Å². The fraction of sp³-hybridized carbons (Fsp3) is 0.472. The molecule has 0 spiro atoms. The van der Waals surface area contributed by atoms with Crippen LogP contribution in [0, 0.1) is 0 Å². The van der Waals surface area contributed by atoms with Crippen LogP contribution < -0.4 is 15.0 Å². The minimum atomic E-state index is -0.470. The minimum absolute atomic E-state index is 0.0665. The van der Waals surface area contributed by atoms with Gasteiger partial charge in [-0.05, 0) is 56.4 Å². The highest BCUT2D eigenvalue weighted by Gasteiger charge is 2.27. The van der Waals surface area contributed by atoms with Crippen LogP contribution in [0.1, 0.15) is 56.6 Å². The normalized spacial score (nSPS) is 18.3. The van der Waals surface area contributed by atoms with Crippen molar-refractivity contribution in [3.05, 3.63) is 66.0 Å². The summed E-state index contributed by atoms with van der Waals surface area (Å²) in [5.41, 5.74) is 3.05. The molecule has 3 atom stereocenters. The Labute approximate surface area is 285 Å². The van der Waals surface area contributed by atoms with E-state index in [1.54, 1.807) is 7.11 Å². The number of carbonyl (C=O) groups is 2. The molecule has 1 N–H and O–H groups in total. The summed E-state index contributed by atoms with van der Waals surface area (Å²) in [6.07, 6.45) is 3.52. The molecule has 13 nitrogen and oxygen atoms in total. The number of amides is 1. The van der Waals surface area contributed by atoms with E-state index in [4.69, 9.17) is 38.8 Å². The van der Waals surface area contributed by atoms with Crippen molar-refractivity contribution in [1.82, 2.24) is 25.1 Å². The highest BCUT2D eigenvalue weighted by Crippen LogP contribution is 2.36. The number of carbonyl (C=O) groups excluding carboxylic acids is 2. The average Bonchev–Trinajstić information content (AvgIpc) is 3.77. The number of anilines is 1. The zero-order valence-corrected chi connectivity index (χ0v) is 28.3. The smallest absolute Gasteiger partial charge is 0.407 e. The molecule has 0 aliphatic carbocycles. The molecule has 2 aliphatic heterocycles. The second-order valence-corrected chi connectivity index (χ2v) is 12.4. The third-order valence-corrected chi connectivity index (χ3v) is 8.81. The molecule has 2 aromatic carbocycles. The molecule has 1 amide bonds. The van der Waals surface area contributed by atoms with E-state index in [9.17, 15) is 9.59 Å². The van der Waals surface area contributed by atoms with E-state index >= 15 is 0 Å². The molecule has 2 fully saturated rings. The molecule has 6 rings (SSSR count). The van der Waals surface area contributed by atoms with Gasteiger partial charge >= 0.3 is 12.1 Å². The van der Waals surface area contributed by atoms with E-state index in [2.05, 4.69) is 10.2 Å². The lowest BCUT2D eigenvalue weighted by Gasteiger charge is -2.23. The maximum absolute atomic E-state index is 12.3. The summed E-state index contributed by atoms with van der Waals surface area (Å²) in [7, 11) is 3.07. The molecule has 0 radical (unpaired) electrons. The molecule has 0 bridgehead atoms. The Kier molecular flexibility index (Phi) is 11.2. The van der Waals surface area contributed by atoms with Gasteiger partial charge in [-0.15, -0.1) is 0 Å². The van der Waals surface area contributed by atoms with Gasteiger partial charge in [-0.3, -0.25) is 4.79 Å². The van der Waals surface area contributed by atoms with Crippen molar-refractivity contribution in [1.29, 1.82) is 0 Å². The van der Waals surface area contributed by atoms with Crippen molar-refractivity contribution >= 4 is 28.8 Å². The van der Waals surface area contributed by atoms with E-state index in [0.29, 0.717) is 54.9 Å². The van der Waals surface area contributed by atoms with Gasteiger partial charge in [-0.2, -0.15) is 5.10 Å². The van der Waals surface area contributed by atoms with Gasteiger partial charge in [0, 0.05) is 51.2 Å². The number of hydrogen-bond acceptors (Lipinski definition) is 11. The lowest BCUT2D eigenvalue weighted by atomic mass is 10.1. The van der Waals surface area contributed by atoms with E-state index in [0.717, 1.165) is 48.7 Å². The zero-order valence-electron chi connectivity index (χ0n) is 28.3. The molecule has 0 saturated carbocycles. The Morgan fingerprint density at radius 2 is 1.92 bits per heavy atom. The number of fused-ring (bicyclic) bond motifs is 1. The molecule has 2 aromatic heterocycles. The quantitative estimate of drug-likeness (QED) is 0.187. The maximum atomic E-state index is 12.3. The first kappa shape index (κ1) is 34.1. The number of alkyl carbamates (subject to hydrolysis) is 1. The monoisotopic (exact) mass is 672 g/mol. The van der Waals surface area contributed by atoms with Crippen molar-refractivity contribution in [2.75, 3.05) is 45.4 Å². The predicted molar refractivity (Wildman–Crippen MR) is 182 cm³/mol. The summed E-state index contributed by atoms with van der Waals surface area (Å²) in [4.78, 5) is 36.2. The largest absolute Gasteiger partial charge is 0.491 e. The molecule has 260 valence electrons. The molecule has 13 heteroatoms. The van der Waals surface area contributed by atoms with E-state index in [1.807, 2.05) is 66.2 Å². The third-order valence-electron chi connectivity index (χ3n) is 8.81. The van der Waals surface area contributed by atoms with Crippen molar-refractivity contribution < 1.29 is 33.3 Å². The molecular formula is C36H44N6O7. The van der Waals surface area contributed by atoms with Crippen molar-refractivity contribution in [3.8, 4) is 17.1 Å². The highest BCUT2D eigenvalue weighted by atomic mass is 16.5. The highest BCUT2D eigenvalue weighted by molar-refractivity contribution is 5.94. The molecule has 49 heavy (non-hydrogen) atoms. The van der Waals surface area contributed by atoms with Gasteiger partial charge in [0.2, 0.25) is 0 Å². The molecule has 1 unspecified atom stereocenters. The van der Waals surface area contributed by atoms with Gasteiger partial charge in [0.25, 0.3) is 0 Å². The van der Waals surface area contributed by atoms with Crippen LogP contribution in [-0.2, 0) is 36.8 Å². The number of aromatic nitrogens is 4. The van der Waals surface area contributed by atoms with Gasteiger partial charge in [-0.25, -0.2) is 19.4 Å². The molecule has 2 aliphatic rings. The third kappa shape index (κ3) is 8.65. The summed E-state index contributed by atoms with van der Waals surface area (Å²) in [5.74, 6) is 1.29. The molecule has 4 aromatic rings. The Bertz CT molecular complexity index is 1730. The second kappa shape index (κ2) is 16.1. The van der Waals surface area contributed by atoms with E-state index < -0.39 is 12.1 Å². The minimum Gasteiger partial charge on any atom is -0.491 e. The summed E-state index contributed by atoms with van der Waals surface area (Å²) in [5, 5.41) is 8.72. The van der Waals surface area contributed by atoms with Gasteiger partial charge in [0.1, 0.15) is 36.1 Å². The average molecular weight is 673 g/mol. The number of hydrogen-bond donors (Lipinski definition) is 1. The summed E-state index contributed by atoms with van der Waals surface area (Å²) in [6, 6.07) is 17.4. The van der Waals surface area contributed by atoms with E-state index in [-0.39, 0.29) is 31.5 Å². The Morgan fingerprint density at radius 3 is 2.67 bits per heavy atom. The molecule has 4 heterocycles. The number of ether oxygens (including phenoxy) is 5. The molecular weight excluding hydrogens is 628 g/mol. The first-order chi connectivity index (χ1) is 23.9. The number of nitrogens with zero attached hydrogens (tertiary/aromatic N) is 5. The number of esters is 1. The van der Waals surface area contributed by atoms with Crippen LogP contribution in [0.25, 0.3) is 22.3 Å². The predicted octanol–water partition coefficient (Wildman–Crippen LogP) is 5.22. The van der Waals surface area contributed by atoms with Crippen LogP contribution >= 0.6 is 0 Å². The zero-order chi connectivity index (χ0) is 34.2. The van der Waals surface area contributed by atoms with Crippen LogP contribution in [0.4, 0.5) is 10.6 Å². The van der Waals surface area contributed by atoms with E-state index in [1.165, 1.54) is 7.11 Å². The fourth-order valence-electron chi connectivity index (χ4n) is 6.14.